The second-order valence-corrected chi connectivity index (χ2v) is 8.27. The van der Waals surface area contributed by atoms with Gasteiger partial charge in [0.05, 0.1) is 18.4 Å². The Balaban J connectivity index is 1.64. The Hall–Kier alpha value is -3.52. The molecule has 31 heavy (non-hydrogen) atoms. The van der Waals surface area contributed by atoms with Gasteiger partial charge in [0.15, 0.2) is 5.82 Å². The van der Waals surface area contributed by atoms with Gasteiger partial charge in [-0.25, -0.2) is 0 Å². The Labute approximate surface area is 182 Å². The summed E-state index contributed by atoms with van der Waals surface area (Å²) < 4.78 is 6.85. The summed E-state index contributed by atoms with van der Waals surface area (Å²) in [4.78, 5) is 33.2. The molecule has 0 atom stereocenters. The number of rotatable bonds is 5. The highest BCUT2D eigenvalue weighted by atomic mass is 32.1. The molecule has 3 heterocycles. The molecule has 4 aromatic rings. The highest BCUT2D eigenvalue weighted by molar-refractivity contribution is 7.15. The lowest BCUT2D eigenvalue weighted by Gasteiger charge is -2.16. The lowest BCUT2D eigenvalue weighted by Crippen LogP contribution is -2.33. The smallest absolute Gasteiger partial charge is 0.291 e. The van der Waals surface area contributed by atoms with Crippen LogP contribution in [0.25, 0.3) is 21.9 Å². The van der Waals surface area contributed by atoms with Crippen LogP contribution in [-0.4, -0.2) is 34.2 Å². The van der Waals surface area contributed by atoms with Crippen LogP contribution >= 0.6 is 11.3 Å². The molecule has 1 aliphatic heterocycles. The number of anilines is 1. The van der Waals surface area contributed by atoms with Gasteiger partial charge in [0.25, 0.3) is 11.5 Å². The predicted octanol–water partition coefficient (Wildman–Crippen LogP) is 2.89. The minimum absolute atomic E-state index is 0.133. The van der Waals surface area contributed by atoms with E-state index < -0.39 is 0 Å². The number of amides is 1. The number of para-hydroxylation sites is 1. The third-order valence-corrected chi connectivity index (χ3v) is 6.42. The molecule has 0 N–H and O–H groups in total. The molecule has 7 nitrogen and oxygen atoms in total. The van der Waals surface area contributed by atoms with Gasteiger partial charge in [-0.15, -0.1) is 5.10 Å². The van der Waals surface area contributed by atoms with Crippen molar-refractivity contribution in [3.8, 4) is 17.1 Å². The average molecular weight is 433 g/mol. The van der Waals surface area contributed by atoms with Gasteiger partial charge in [0, 0.05) is 17.7 Å². The van der Waals surface area contributed by atoms with E-state index in [2.05, 4.69) is 17.0 Å². The Morgan fingerprint density at radius 1 is 1.06 bits per heavy atom. The largest absolute Gasteiger partial charge is 0.497 e. The first-order valence-electron chi connectivity index (χ1n) is 10.1. The molecule has 0 radical (unpaired) electrons. The maximum Gasteiger partial charge on any atom is 0.291 e. The van der Waals surface area contributed by atoms with E-state index in [4.69, 9.17) is 4.74 Å². The number of hydrogen-bond donors (Lipinski definition) is 0. The summed E-state index contributed by atoms with van der Waals surface area (Å²) in [6.07, 6.45) is 1.89. The Morgan fingerprint density at radius 3 is 2.55 bits per heavy atom. The average Bonchev–Trinajstić information content (AvgIpc) is 3.43. The third kappa shape index (κ3) is 3.11. The van der Waals surface area contributed by atoms with Gasteiger partial charge < -0.3 is 9.64 Å². The quantitative estimate of drug-likeness (QED) is 0.485. The maximum absolute atomic E-state index is 13.3. The number of unbranched alkanes of at least 4 members (excludes halogenated alkanes) is 1. The van der Waals surface area contributed by atoms with E-state index in [0.717, 1.165) is 35.4 Å². The molecule has 156 valence electrons. The summed E-state index contributed by atoms with van der Waals surface area (Å²) in [6.45, 7) is 2.72. The Kier molecular flexibility index (Phi) is 4.78. The topological polar surface area (TPSA) is 76.8 Å². The molecule has 0 fully saturated rings. The van der Waals surface area contributed by atoms with Crippen molar-refractivity contribution in [1.29, 1.82) is 0 Å². The van der Waals surface area contributed by atoms with E-state index in [1.54, 1.807) is 12.0 Å². The number of thiazole rings is 1. The summed E-state index contributed by atoms with van der Waals surface area (Å²) in [5.74, 6) is 1.07. The van der Waals surface area contributed by atoms with Crippen molar-refractivity contribution >= 4 is 33.5 Å². The van der Waals surface area contributed by atoms with Crippen LogP contribution in [-0.2, 0) is 4.79 Å². The first-order valence-corrected chi connectivity index (χ1v) is 10.9. The van der Waals surface area contributed by atoms with Gasteiger partial charge in [0.2, 0.25) is 4.96 Å². The van der Waals surface area contributed by atoms with Crippen LogP contribution in [0.3, 0.4) is 0 Å². The van der Waals surface area contributed by atoms with E-state index in [9.17, 15) is 9.59 Å². The molecule has 0 saturated carbocycles. The number of ether oxygens (including phenoxy) is 1. The molecule has 0 unspecified atom stereocenters. The number of carbonyl (C=O) groups is 1. The number of fused-ring (bicyclic) bond motifs is 2. The fourth-order valence-electron chi connectivity index (χ4n) is 3.79. The minimum Gasteiger partial charge on any atom is -0.497 e. The van der Waals surface area contributed by atoms with Gasteiger partial charge >= 0.3 is 0 Å². The Morgan fingerprint density at radius 2 is 1.84 bits per heavy atom. The van der Waals surface area contributed by atoms with Gasteiger partial charge in [-0.05, 0) is 36.8 Å². The van der Waals surface area contributed by atoms with Crippen molar-refractivity contribution in [2.24, 2.45) is 0 Å². The van der Waals surface area contributed by atoms with E-state index in [1.165, 1.54) is 15.9 Å². The van der Waals surface area contributed by atoms with E-state index in [-0.39, 0.29) is 11.5 Å². The van der Waals surface area contributed by atoms with Crippen LogP contribution < -0.4 is 19.7 Å². The fourth-order valence-corrected chi connectivity index (χ4v) is 4.78. The van der Waals surface area contributed by atoms with Crippen molar-refractivity contribution < 1.29 is 9.53 Å². The van der Waals surface area contributed by atoms with Crippen LogP contribution in [0.4, 0.5) is 5.69 Å². The molecule has 8 heteroatoms. The van der Waals surface area contributed by atoms with E-state index in [1.807, 2.05) is 48.5 Å². The second-order valence-electron chi connectivity index (χ2n) is 7.30. The number of hydrogen-bond acceptors (Lipinski definition) is 6. The zero-order valence-electron chi connectivity index (χ0n) is 17.2. The number of methoxy groups -OCH3 is 1. The highest BCUT2D eigenvalue weighted by Gasteiger charge is 2.33. The molecule has 0 bridgehead atoms. The zero-order chi connectivity index (χ0) is 21.5. The SMILES string of the molecule is CCCCN1C(=O)/C(=c2\sc3nc(-c4ccc(OC)cc4)nn3c2=O)c2ccccc21. The summed E-state index contributed by atoms with van der Waals surface area (Å²) in [5.41, 5.74) is 2.56. The summed E-state index contributed by atoms with van der Waals surface area (Å²) in [7, 11) is 1.61. The first-order chi connectivity index (χ1) is 15.1. The van der Waals surface area contributed by atoms with Crippen LogP contribution in [0.2, 0.25) is 0 Å². The fraction of sp³-hybridized carbons (Fsp3) is 0.217. The molecular weight excluding hydrogens is 412 g/mol. The standard InChI is InChI=1S/C23H20N4O3S/c1-3-4-13-26-17-8-6-5-7-16(17)18(21(26)28)19-22(29)27-23(31-19)24-20(25-27)14-9-11-15(30-2)12-10-14/h5-12H,3-4,13H2,1-2H3/b19-18-. The van der Waals surface area contributed by atoms with Gasteiger partial charge in [-0.2, -0.15) is 9.50 Å². The van der Waals surface area contributed by atoms with Gasteiger partial charge in [-0.3, -0.25) is 9.59 Å². The van der Waals surface area contributed by atoms with Crippen molar-refractivity contribution in [1.82, 2.24) is 14.6 Å². The molecule has 2 aromatic heterocycles. The first kappa shape index (κ1) is 19.4. The van der Waals surface area contributed by atoms with Crippen LogP contribution in [0.1, 0.15) is 25.3 Å². The summed E-state index contributed by atoms with van der Waals surface area (Å²) in [6, 6.07) is 15.0. The lowest BCUT2D eigenvalue weighted by molar-refractivity contribution is -0.113. The molecular formula is C23H20N4O3S. The summed E-state index contributed by atoms with van der Waals surface area (Å²) >= 11 is 1.21. The van der Waals surface area contributed by atoms with Crippen LogP contribution in [0.5, 0.6) is 5.75 Å². The molecule has 0 spiro atoms. The lowest BCUT2D eigenvalue weighted by atomic mass is 10.1. The molecule has 1 amide bonds. The summed E-state index contributed by atoms with van der Waals surface area (Å²) in [5, 5.41) is 4.40. The molecule has 5 rings (SSSR count). The van der Waals surface area contributed by atoms with Crippen LogP contribution in [0.15, 0.2) is 53.3 Å². The third-order valence-electron chi connectivity index (χ3n) is 5.39. The van der Waals surface area contributed by atoms with E-state index in [0.29, 0.717) is 27.4 Å². The normalized spacial score (nSPS) is 15.0. The number of nitrogens with zero attached hydrogens (tertiary/aromatic N) is 4. The molecule has 0 aliphatic carbocycles. The molecule has 0 saturated heterocycles. The van der Waals surface area contributed by atoms with Crippen molar-refractivity contribution in [3.05, 3.63) is 69.0 Å². The second kappa shape index (κ2) is 7.63. The molecule has 2 aromatic carbocycles. The van der Waals surface area contributed by atoms with Crippen molar-refractivity contribution in [3.63, 3.8) is 0 Å². The minimum atomic E-state index is -0.317. The number of carbonyl (C=O) groups excluding carboxylic acids is 1. The highest BCUT2D eigenvalue weighted by Crippen LogP contribution is 2.35. The van der Waals surface area contributed by atoms with Crippen molar-refractivity contribution in [2.75, 3.05) is 18.6 Å². The van der Waals surface area contributed by atoms with Crippen molar-refractivity contribution in [2.45, 2.75) is 19.8 Å². The molecule has 1 aliphatic rings. The van der Waals surface area contributed by atoms with Gasteiger partial charge in [-0.1, -0.05) is 42.9 Å². The monoisotopic (exact) mass is 432 g/mol. The number of aromatic nitrogens is 3. The van der Waals surface area contributed by atoms with E-state index >= 15 is 0 Å². The Bertz CT molecular complexity index is 1410. The van der Waals surface area contributed by atoms with Crippen LogP contribution in [0, 0.1) is 0 Å². The predicted molar refractivity (Wildman–Crippen MR) is 121 cm³/mol. The number of benzene rings is 2. The zero-order valence-corrected chi connectivity index (χ0v) is 18.0. The maximum atomic E-state index is 13.3. The van der Waals surface area contributed by atoms with Gasteiger partial charge in [0.1, 0.15) is 10.3 Å².